The maximum atomic E-state index is 12.8. The topological polar surface area (TPSA) is 95.5 Å². The zero-order valence-corrected chi connectivity index (χ0v) is 15.7. The summed E-state index contributed by atoms with van der Waals surface area (Å²) in [5.74, 6) is 0.314. The summed E-state index contributed by atoms with van der Waals surface area (Å²) in [6, 6.07) is 6.03. The van der Waals surface area contributed by atoms with Crippen molar-refractivity contribution in [1.29, 1.82) is 0 Å². The van der Waals surface area contributed by atoms with Crippen LogP contribution in [0.15, 0.2) is 41.6 Å². The summed E-state index contributed by atoms with van der Waals surface area (Å²) in [7, 11) is -3.67. The van der Waals surface area contributed by atoms with Crippen LogP contribution in [0, 0.1) is 0 Å². The lowest BCUT2D eigenvalue weighted by molar-refractivity contribution is -0.114. The normalized spacial score (nSPS) is 15.7. The molecule has 1 aromatic heterocycles. The van der Waals surface area contributed by atoms with Crippen molar-refractivity contribution in [3.63, 3.8) is 0 Å². The van der Waals surface area contributed by atoms with Crippen molar-refractivity contribution in [3.05, 3.63) is 41.7 Å². The van der Waals surface area contributed by atoms with Gasteiger partial charge in [0.15, 0.2) is 0 Å². The highest BCUT2D eigenvalue weighted by Gasteiger charge is 2.29. The second-order valence-electron chi connectivity index (χ2n) is 5.76. The molecule has 2 aromatic rings. The van der Waals surface area contributed by atoms with Gasteiger partial charge in [0, 0.05) is 45.5 Å². The molecule has 3 rings (SSSR count). The number of nitrogens with one attached hydrogen (secondary N) is 1. The van der Waals surface area contributed by atoms with E-state index in [0.29, 0.717) is 37.8 Å². The minimum atomic E-state index is -3.67. The van der Waals surface area contributed by atoms with Gasteiger partial charge >= 0.3 is 0 Å². The number of benzene rings is 1. The van der Waals surface area contributed by atoms with Crippen LogP contribution in [0.5, 0.6) is 0 Å². The van der Waals surface area contributed by atoms with Gasteiger partial charge in [0.25, 0.3) is 0 Å². The van der Waals surface area contributed by atoms with Crippen LogP contribution in [0.1, 0.15) is 6.92 Å². The fourth-order valence-corrected chi connectivity index (χ4v) is 4.42. The summed E-state index contributed by atoms with van der Waals surface area (Å²) in [6.45, 7) is 3.01. The van der Waals surface area contributed by atoms with Crippen molar-refractivity contribution in [1.82, 2.24) is 14.3 Å². The Bertz CT molecular complexity index is 899. The van der Waals surface area contributed by atoms with E-state index in [0.717, 1.165) is 0 Å². The summed E-state index contributed by atoms with van der Waals surface area (Å²) in [4.78, 5) is 21.5. The number of hydrogen-bond donors (Lipinski definition) is 1. The van der Waals surface area contributed by atoms with Gasteiger partial charge in [-0.15, -0.1) is 0 Å². The number of rotatable bonds is 4. The number of anilines is 2. The summed E-state index contributed by atoms with van der Waals surface area (Å²) in [5.41, 5.74) is 0.379. The van der Waals surface area contributed by atoms with E-state index < -0.39 is 10.0 Å². The zero-order chi connectivity index (χ0) is 18.7. The van der Waals surface area contributed by atoms with E-state index in [1.165, 1.54) is 29.4 Å². The van der Waals surface area contributed by atoms with Gasteiger partial charge in [0.2, 0.25) is 21.9 Å². The average molecular weight is 396 g/mol. The van der Waals surface area contributed by atoms with Crippen LogP contribution in [0.25, 0.3) is 0 Å². The molecule has 0 saturated carbocycles. The van der Waals surface area contributed by atoms with E-state index in [1.807, 2.05) is 4.90 Å². The van der Waals surface area contributed by atoms with Crippen LogP contribution >= 0.6 is 11.6 Å². The number of carbonyl (C=O) groups is 1. The average Bonchev–Trinajstić information content (AvgIpc) is 2.64. The molecule has 10 heteroatoms. The molecule has 0 aliphatic carbocycles. The van der Waals surface area contributed by atoms with Crippen LogP contribution in [-0.4, -0.2) is 54.8 Å². The van der Waals surface area contributed by atoms with Crippen LogP contribution in [-0.2, 0) is 14.8 Å². The van der Waals surface area contributed by atoms with Gasteiger partial charge < -0.3 is 10.2 Å². The molecule has 1 amide bonds. The molecule has 0 unspecified atom stereocenters. The van der Waals surface area contributed by atoms with E-state index in [4.69, 9.17) is 11.6 Å². The maximum Gasteiger partial charge on any atom is 0.243 e. The van der Waals surface area contributed by atoms with Gasteiger partial charge in [0.1, 0.15) is 0 Å². The lowest BCUT2D eigenvalue weighted by atomic mass is 10.3. The van der Waals surface area contributed by atoms with E-state index in [1.54, 1.807) is 18.5 Å². The first-order valence-corrected chi connectivity index (χ1v) is 9.79. The third-order valence-corrected chi connectivity index (χ3v) is 6.17. The molecule has 0 bridgehead atoms. The number of aromatic nitrogens is 2. The molecule has 1 aliphatic heterocycles. The summed E-state index contributed by atoms with van der Waals surface area (Å²) in [6.07, 6.45) is 3.31. The maximum absolute atomic E-state index is 12.8. The van der Waals surface area contributed by atoms with Crippen molar-refractivity contribution >= 4 is 39.2 Å². The van der Waals surface area contributed by atoms with E-state index >= 15 is 0 Å². The quantitative estimate of drug-likeness (QED) is 0.844. The lowest BCUT2D eigenvalue weighted by Crippen LogP contribution is -2.49. The Kier molecular flexibility index (Phi) is 5.40. The highest BCUT2D eigenvalue weighted by atomic mass is 35.5. The summed E-state index contributed by atoms with van der Waals surface area (Å²) >= 11 is 6.10. The molecule has 0 radical (unpaired) electrons. The Morgan fingerprint density at radius 1 is 1.15 bits per heavy atom. The Labute approximate surface area is 156 Å². The third-order valence-electron chi connectivity index (χ3n) is 3.96. The van der Waals surface area contributed by atoms with Gasteiger partial charge in [-0.3, -0.25) is 4.79 Å². The molecule has 1 aromatic carbocycles. The molecule has 1 saturated heterocycles. The van der Waals surface area contributed by atoms with E-state index in [9.17, 15) is 13.2 Å². The minimum Gasteiger partial charge on any atom is -0.338 e. The molecule has 26 heavy (non-hydrogen) atoms. The number of nitrogens with zero attached hydrogens (tertiary/aromatic N) is 4. The molecule has 0 spiro atoms. The molecule has 138 valence electrons. The number of amides is 1. The van der Waals surface area contributed by atoms with Crippen molar-refractivity contribution in [2.75, 3.05) is 36.4 Å². The van der Waals surface area contributed by atoms with Gasteiger partial charge in [0.05, 0.1) is 15.6 Å². The number of hydrogen-bond acceptors (Lipinski definition) is 6. The second-order valence-corrected chi connectivity index (χ2v) is 8.11. The van der Waals surface area contributed by atoms with Crippen LogP contribution < -0.4 is 10.2 Å². The zero-order valence-electron chi connectivity index (χ0n) is 14.1. The Morgan fingerprint density at radius 2 is 1.81 bits per heavy atom. The molecule has 1 fully saturated rings. The number of carbonyl (C=O) groups excluding carboxylic acids is 1. The highest BCUT2D eigenvalue weighted by molar-refractivity contribution is 7.89. The van der Waals surface area contributed by atoms with Gasteiger partial charge in [-0.1, -0.05) is 11.6 Å². The molecular weight excluding hydrogens is 378 g/mol. The number of piperazine rings is 1. The Balaban J connectivity index is 1.73. The molecule has 2 heterocycles. The van der Waals surface area contributed by atoms with Crippen molar-refractivity contribution in [2.45, 2.75) is 11.8 Å². The highest BCUT2D eigenvalue weighted by Crippen LogP contribution is 2.27. The van der Waals surface area contributed by atoms with Crippen molar-refractivity contribution in [2.24, 2.45) is 0 Å². The fraction of sp³-hybridized carbons (Fsp3) is 0.312. The summed E-state index contributed by atoms with van der Waals surface area (Å²) in [5, 5.41) is 2.73. The predicted molar refractivity (Wildman–Crippen MR) is 98.8 cm³/mol. The molecule has 0 atom stereocenters. The first-order chi connectivity index (χ1) is 12.4. The standard InChI is InChI=1S/C16H18ClN5O3S/c1-12(23)20-15-4-3-13(11-14(15)17)26(24,25)22-9-7-21(8-10-22)16-18-5-2-6-19-16/h2-6,11H,7-10H2,1H3,(H,20,23). The first kappa shape index (κ1) is 18.6. The Morgan fingerprint density at radius 3 is 2.38 bits per heavy atom. The smallest absolute Gasteiger partial charge is 0.243 e. The van der Waals surface area contributed by atoms with Gasteiger partial charge in [-0.05, 0) is 24.3 Å². The Hall–Kier alpha value is -2.23. The predicted octanol–water partition coefficient (Wildman–Crippen LogP) is 1.60. The SMILES string of the molecule is CC(=O)Nc1ccc(S(=O)(=O)N2CCN(c3ncccn3)CC2)cc1Cl. The van der Waals surface area contributed by atoms with Gasteiger partial charge in [-0.2, -0.15) is 4.31 Å². The van der Waals surface area contributed by atoms with Crippen molar-refractivity contribution < 1.29 is 13.2 Å². The van der Waals surface area contributed by atoms with Gasteiger partial charge in [-0.25, -0.2) is 18.4 Å². The molecule has 8 nitrogen and oxygen atoms in total. The number of sulfonamides is 1. The fourth-order valence-electron chi connectivity index (χ4n) is 2.68. The van der Waals surface area contributed by atoms with E-state index in [-0.39, 0.29) is 15.8 Å². The monoisotopic (exact) mass is 395 g/mol. The minimum absolute atomic E-state index is 0.0982. The molecule has 1 aliphatic rings. The van der Waals surface area contributed by atoms with Crippen LogP contribution in [0.2, 0.25) is 5.02 Å². The molecule has 1 N–H and O–H groups in total. The largest absolute Gasteiger partial charge is 0.338 e. The number of halogens is 1. The first-order valence-electron chi connectivity index (χ1n) is 7.97. The van der Waals surface area contributed by atoms with Crippen LogP contribution in [0.3, 0.4) is 0 Å². The van der Waals surface area contributed by atoms with Crippen molar-refractivity contribution in [3.8, 4) is 0 Å². The lowest BCUT2D eigenvalue weighted by Gasteiger charge is -2.33. The second kappa shape index (κ2) is 7.56. The summed E-state index contributed by atoms with van der Waals surface area (Å²) < 4.78 is 27.1. The van der Waals surface area contributed by atoms with Crippen LogP contribution in [0.4, 0.5) is 11.6 Å². The molecular formula is C16H18ClN5O3S. The third kappa shape index (κ3) is 3.95. The van der Waals surface area contributed by atoms with E-state index in [2.05, 4.69) is 15.3 Å².